The third-order valence-electron chi connectivity index (χ3n) is 3.62. The number of furan rings is 1. The van der Waals surface area contributed by atoms with E-state index in [1.165, 1.54) is 0 Å². The number of ether oxygens (including phenoxy) is 2. The largest absolute Gasteiger partial charge is 0.467 e. The molecule has 118 valence electrons. The maximum Gasteiger partial charge on any atom is 0.410 e. The van der Waals surface area contributed by atoms with Gasteiger partial charge in [0.15, 0.2) is 0 Å². The first-order valence-electron chi connectivity index (χ1n) is 7.42. The van der Waals surface area contributed by atoms with E-state index in [0.29, 0.717) is 19.7 Å². The van der Waals surface area contributed by atoms with Crippen molar-refractivity contribution >= 4 is 6.09 Å². The van der Waals surface area contributed by atoms with Crippen molar-refractivity contribution in [1.29, 1.82) is 0 Å². The number of nitrogens with zero attached hydrogens (tertiary/aromatic N) is 1. The van der Waals surface area contributed by atoms with Gasteiger partial charge in [-0.1, -0.05) is 0 Å². The lowest BCUT2D eigenvalue weighted by atomic mass is 9.93. The molecule has 0 saturated carbocycles. The summed E-state index contributed by atoms with van der Waals surface area (Å²) in [5.74, 6) is 0.825. The zero-order chi connectivity index (χ0) is 15.5. The normalized spacial score (nSPS) is 18.6. The predicted octanol–water partition coefficient (Wildman–Crippen LogP) is 3.59. The van der Waals surface area contributed by atoms with Crippen molar-refractivity contribution in [3.05, 3.63) is 24.2 Å². The average molecular weight is 295 g/mol. The van der Waals surface area contributed by atoms with Crippen molar-refractivity contribution in [2.75, 3.05) is 13.1 Å². The molecule has 2 rings (SSSR count). The summed E-state index contributed by atoms with van der Waals surface area (Å²) < 4.78 is 16.6. The van der Waals surface area contributed by atoms with Gasteiger partial charge >= 0.3 is 6.09 Å². The van der Waals surface area contributed by atoms with Gasteiger partial charge in [-0.15, -0.1) is 0 Å². The Kier molecular flexibility index (Phi) is 4.61. The predicted molar refractivity (Wildman–Crippen MR) is 78.9 cm³/mol. The van der Waals surface area contributed by atoms with E-state index in [1.807, 2.05) is 32.9 Å². The van der Waals surface area contributed by atoms with Crippen molar-refractivity contribution in [1.82, 2.24) is 4.90 Å². The van der Waals surface area contributed by atoms with Crippen LogP contribution in [0.15, 0.2) is 22.8 Å². The molecule has 5 heteroatoms. The minimum Gasteiger partial charge on any atom is -0.467 e. The quantitative estimate of drug-likeness (QED) is 0.855. The third-order valence-corrected chi connectivity index (χ3v) is 3.62. The first-order chi connectivity index (χ1) is 9.77. The van der Waals surface area contributed by atoms with Crippen LogP contribution in [0.5, 0.6) is 0 Å². The van der Waals surface area contributed by atoms with Gasteiger partial charge in [-0.2, -0.15) is 0 Å². The number of carbonyl (C=O) groups is 1. The van der Waals surface area contributed by atoms with E-state index >= 15 is 0 Å². The number of rotatable bonds is 3. The van der Waals surface area contributed by atoms with E-state index in [9.17, 15) is 4.79 Å². The molecule has 0 unspecified atom stereocenters. The lowest BCUT2D eigenvalue weighted by Gasteiger charge is -2.39. The van der Waals surface area contributed by atoms with E-state index in [2.05, 4.69) is 6.92 Å². The molecule has 2 heterocycles. The second-order valence-electron chi connectivity index (χ2n) is 6.79. The van der Waals surface area contributed by atoms with Crippen LogP contribution in [0.1, 0.15) is 46.3 Å². The Bertz CT molecular complexity index is 453. The van der Waals surface area contributed by atoms with Gasteiger partial charge in [0.25, 0.3) is 0 Å². The minimum absolute atomic E-state index is 0.217. The summed E-state index contributed by atoms with van der Waals surface area (Å²) >= 11 is 0. The topological polar surface area (TPSA) is 51.9 Å². The summed E-state index contributed by atoms with van der Waals surface area (Å²) in [6.45, 7) is 9.51. The standard InChI is InChI=1S/C16H25NO4/c1-15(2,3)21-14(18)17-9-7-16(4,8-10-17)20-12-13-6-5-11-19-13/h5-6,11H,7-10,12H2,1-4H3. The zero-order valence-electron chi connectivity index (χ0n) is 13.3. The van der Waals surface area contributed by atoms with Crippen molar-refractivity contribution in [2.24, 2.45) is 0 Å². The fraction of sp³-hybridized carbons (Fsp3) is 0.688. The van der Waals surface area contributed by atoms with Crippen LogP contribution in [0, 0.1) is 0 Å². The summed E-state index contributed by atoms with van der Waals surface area (Å²) in [6, 6.07) is 3.76. The number of hydrogen-bond donors (Lipinski definition) is 0. The molecule has 1 aliphatic rings. The van der Waals surface area contributed by atoms with Gasteiger partial charge in [-0.3, -0.25) is 0 Å². The second kappa shape index (κ2) is 6.10. The molecule has 0 N–H and O–H groups in total. The number of amides is 1. The van der Waals surface area contributed by atoms with Gasteiger partial charge in [-0.25, -0.2) is 4.79 Å². The fourth-order valence-corrected chi connectivity index (χ4v) is 2.27. The Labute approximate surface area is 126 Å². The van der Waals surface area contributed by atoms with Crippen LogP contribution >= 0.6 is 0 Å². The molecule has 0 spiro atoms. The van der Waals surface area contributed by atoms with Crippen LogP contribution in [0.3, 0.4) is 0 Å². The molecule has 0 aliphatic carbocycles. The van der Waals surface area contributed by atoms with Crippen LogP contribution in [-0.4, -0.2) is 35.3 Å². The van der Waals surface area contributed by atoms with E-state index in [-0.39, 0.29) is 11.7 Å². The van der Waals surface area contributed by atoms with E-state index in [0.717, 1.165) is 18.6 Å². The van der Waals surface area contributed by atoms with Gasteiger partial charge in [0.1, 0.15) is 18.0 Å². The summed E-state index contributed by atoms with van der Waals surface area (Å²) in [7, 11) is 0. The van der Waals surface area contributed by atoms with E-state index < -0.39 is 5.60 Å². The molecule has 5 nitrogen and oxygen atoms in total. The Morgan fingerprint density at radius 3 is 2.57 bits per heavy atom. The number of carbonyl (C=O) groups excluding carboxylic acids is 1. The summed E-state index contributed by atoms with van der Waals surface area (Å²) in [5, 5.41) is 0. The molecule has 0 aromatic carbocycles. The molecule has 1 saturated heterocycles. The summed E-state index contributed by atoms with van der Waals surface area (Å²) in [6.07, 6.45) is 3.00. The van der Waals surface area contributed by atoms with Crippen molar-refractivity contribution in [3.63, 3.8) is 0 Å². The maximum atomic E-state index is 12.0. The average Bonchev–Trinajstić information content (AvgIpc) is 2.88. The van der Waals surface area contributed by atoms with Crippen molar-refractivity contribution in [3.8, 4) is 0 Å². The molecule has 1 aromatic rings. The zero-order valence-corrected chi connectivity index (χ0v) is 13.3. The molecule has 1 aliphatic heterocycles. The number of hydrogen-bond acceptors (Lipinski definition) is 4. The third kappa shape index (κ3) is 4.77. The Morgan fingerprint density at radius 2 is 2.05 bits per heavy atom. The maximum absolute atomic E-state index is 12.0. The Morgan fingerprint density at radius 1 is 1.38 bits per heavy atom. The minimum atomic E-state index is -0.451. The SMILES string of the molecule is CC(C)(C)OC(=O)N1CCC(C)(OCc2ccco2)CC1. The monoisotopic (exact) mass is 295 g/mol. The molecular weight excluding hydrogens is 270 g/mol. The molecule has 21 heavy (non-hydrogen) atoms. The fourth-order valence-electron chi connectivity index (χ4n) is 2.27. The highest BCUT2D eigenvalue weighted by Crippen LogP contribution is 2.28. The van der Waals surface area contributed by atoms with E-state index in [1.54, 1.807) is 11.2 Å². The van der Waals surface area contributed by atoms with Gasteiger partial charge in [0.05, 0.1) is 11.9 Å². The Hall–Kier alpha value is -1.49. The smallest absolute Gasteiger partial charge is 0.410 e. The first kappa shape index (κ1) is 15.9. The summed E-state index contributed by atoms with van der Waals surface area (Å²) in [4.78, 5) is 13.8. The number of likely N-dealkylation sites (tertiary alicyclic amines) is 1. The molecule has 0 bridgehead atoms. The molecule has 1 aromatic heterocycles. The van der Waals surface area contributed by atoms with Crippen LogP contribution in [-0.2, 0) is 16.1 Å². The van der Waals surface area contributed by atoms with Crippen LogP contribution in [0.25, 0.3) is 0 Å². The van der Waals surface area contributed by atoms with Gasteiger partial charge in [-0.05, 0) is 52.7 Å². The van der Waals surface area contributed by atoms with Crippen molar-refractivity contribution in [2.45, 2.75) is 58.3 Å². The second-order valence-corrected chi connectivity index (χ2v) is 6.79. The highest BCUT2D eigenvalue weighted by molar-refractivity contribution is 5.68. The van der Waals surface area contributed by atoms with Gasteiger partial charge in [0.2, 0.25) is 0 Å². The Balaban J connectivity index is 1.80. The van der Waals surface area contributed by atoms with E-state index in [4.69, 9.17) is 13.9 Å². The van der Waals surface area contributed by atoms with Crippen LogP contribution < -0.4 is 0 Å². The lowest BCUT2D eigenvalue weighted by Crippen LogP contribution is -2.47. The molecule has 0 atom stereocenters. The molecular formula is C16H25NO4. The van der Waals surface area contributed by atoms with Crippen molar-refractivity contribution < 1.29 is 18.7 Å². The van der Waals surface area contributed by atoms with Gasteiger partial charge < -0.3 is 18.8 Å². The van der Waals surface area contributed by atoms with Crippen LogP contribution in [0.4, 0.5) is 4.79 Å². The van der Waals surface area contributed by atoms with Crippen LogP contribution in [0.2, 0.25) is 0 Å². The first-order valence-corrected chi connectivity index (χ1v) is 7.42. The number of piperidine rings is 1. The lowest BCUT2D eigenvalue weighted by molar-refractivity contribution is -0.0855. The molecule has 1 amide bonds. The summed E-state index contributed by atoms with van der Waals surface area (Å²) in [5.41, 5.74) is -0.668. The molecule has 1 fully saturated rings. The van der Waals surface area contributed by atoms with Gasteiger partial charge in [0, 0.05) is 13.1 Å². The highest BCUT2D eigenvalue weighted by Gasteiger charge is 2.34. The molecule has 0 radical (unpaired) electrons. The highest BCUT2D eigenvalue weighted by atomic mass is 16.6.